The summed E-state index contributed by atoms with van der Waals surface area (Å²) in [5, 5.41) is 14.0. The van der Waals surface area contributed by atoms with Gasteiger partial charge in [-0.25, -0.2) is 9.97 Å². The lowest BCUT2D eigenvalue weighted by atomic mass is 10.1. The molecule has 122 valence electrons. The first-order valence-electron chi connectivity index (χ1n) is 6.59. The van der Waals surface area contributed by atoms with Crippen LogP contribution in [0.4, 0.5) is 11.6 Å². The van der Waals surface area contributed by atoms with E-state index in [4.69, 9.17) is 0 Å². The maximum absolute atomic E-state index is 11.5. The van der Waals surface area contributed by atoms with Crippen molar-refractivity contribution in [1.29, 1.82) is 0 Å². The van der Waals surface area contributed by atoms with E-state index in [9.17, 15) is 19.7 Å². The van der Waals surface area contributed by atoms with Crippen LogP contribution in [0.15, 0.2) is 38.6 Å². The molecule has 3 rings (SSSR count). The second-order valence-corrected chi connectivity index (χ2v) is 5.69. The van der Waals surface area contributed by atoms with Crippen LogP contribution in [0.5, 0.6) is 0 Å². The minimum Gasteiger partial charge on any atom is -0.350 e. The second-order valence-electron chi connectivity index (χ2n) is 4.77. The third kappa shape index (κ3) is 3.15. The number of benzene rings is 1. The number of nitrogens with one attached hydrogen (secondary N) is 3. The Morgan fingerprint density at radius 2 is 1.83 bits per heavy atom. The lowest BCUT2D eigenvalue weighted by Gasteiger charge is -2.08. The van der Waals surface area contributed by atoms with Crippen molar-refractivity contribution in [2.45, 2.75) is 6.54 Å². The Morgan fingerprint density at radius 1 is 1.17 bits per heavy atom. The molecule has 11 heteroatoms. The predicted octanol–water partition coefficient (Wildman–Crippen LogP) is 1.29. The van der Waals surface area contributed by atoms with Crippen molar-refractivity contribution >= 4 is 38.6 Å². The van der Waals surface area contributed by atoms with E-state index >= 15 is 0 Å². The Bertz CT molecular complexity index is 1040. The van der Waals surface area contributed by atoms with Gasteiger partial charge in [-0.05, 0) is 15.9 Å². The molecule has 0 unspecified atom stereocenters. The van der Waals surface area contributed by atoms with Crippen LogP contribution < -0.4 is 16.4 Å². The number of anilines is 1. The number of nitrogens with zero attached hydrogens (tertiary/aromatic N) is 3. The molecule has 3 aromatic rings. The van der Waals surface area contributed by atoms with Gasteiger partial charge in [0.2, 0.25) is 5.95 Å². The molecule has 10 nitrogen and oxygen atoms in total. The minimum atomic E-state index is -0.877. The molecule has 0 aliphatic heterocycles. The predicted molar refractivity (Wildman–Crippen MR) is 88.9 cm³/mol. The van der Waals surface area contributed by atoms with Crippen LogP contribution in [-0.2, 0) is 6.54 Å². The van der Waals surface area contributed by atoms with Gasteiger partial charge in [-0.3, -0.25) is 19.7 Å². The van der Waals surface area contributed by atoms with Gasteiger partial charge in [0.25, 0.3) is 5.69 Å². The summed E-state index contributed by atoms with van der Waals surface area (Å²) in [5.41, 5.74) is -1.04. The maximum atomic E-state index is 11.5. The summed E-state index contributed by atoms with van der Waals surface area (Å²) < 4.78 is 0.704. The Kier molecular flexibility index (Phi) is 4.08. The number of hydrogen-bond donors (Lipinski definition) is 3. The van der Waals surface area contributed by atoms with Crippen LogP contribution in [0.1, 0.15) is 5.56 Å². The Morgan fingerprint density at radius 3 is 2.50 bits per heavy atom. The number of rotatable bonds is 4. The van der Waals surface area contributed by atoms with Crippen molar-refractivity contribution in [2.75, 3.05) is 5.32 Å². The van der Waals surface area contributed by atoms with E-state index < -0.39 is 16.0 Å². The van der Waals surface area contributed by atoms with Gasteiger partial charge in [0, 0.05) is 36.6 Å². The zero-order valence-corrected chi connectivity index (χ0v) is 13.5. The fourth-order valence-corrected chi connectivity index (χ4v) is 2.31. The normalized spacial score (nSPS) is 10.7. The van der Waals surface area contributed by atoms with E-state index in [1.54, 1.807) is 12.4 Å². The highest BCUT2D eigenvalue weighted by Crippen LogP contribution is 2.22. The van der Waals surface area contributed by atoms with Gasteiger partial charge in [-0.1, -0.05) is 0 Å². The highest BCUT2D eigenvalue weighted by Gasteiger charge is 2.14. The highest BCUT2D eigenvalue weighted by atomic mass is 79.9. The number of nitro groups is 1. The number of aromatic amines is 2. The quantitative estimate of drug-likeness (QED) is 0.344. The number of non-ortho nitro benzene ring substituents is 1. The van der Waals surface area contributed by atoms with Crippen LogP contribution in [0.3, 0.4) is 0 Å². The smallest absolute Gasteiger partial charge is 0.314 e. The second kappa shape index (κ2) is 6.20. The molecule has 0 spiro atoms. The fourth-order valence-electron chi connectivity index (χ4n) is 2.10. The van der Waals surface area contributed by atoms with Crippen LogP contribution in [-0.4, -0.2) is 24.9 Å². The van der Waals surface area contributed by atoms with Gasteiger partial charge in [-0.15, -0.1) is 0 Å². The Hall–Kier alpha value is -3.08. The molecule has 0 bridgehead atoms. The summed E-state index contributed by atoms with van der Waals surface area (Å²) in [7, 11) is 0. The van der Waals surface area contributed by atoms with Crippen LogP contribution in [0.2, 0.25) is 0 Å². The largest absolute Gasteiger partial charge is 0.350 e. The molecule has 0 saturated carbocycles. The molecule has 0 aliphatic carbocycles. The molecule has 0 saturated heterocycles. The molecule has 2 heterocycles. The lowest BCUT2D eigenvalue weighted by molar-refractivity contribution is -0.384. The van der Waals surface area contributed by atoms with Crippen molar-refractivity contribution in [3.63, 3.8) is 0 Å². The molecular weight excluding hydrogens is 384 g/mol. The highest BCUT2D eigenvalue weighted by molar-refractivity contribution is 9.10. The summed E-state index contributed by atoms with van der Waals surface area (Å²) in [4.78, 5) is 46.2. The summed E-state index contributed by atoms with van der Waals surface area (Å²) >= 11 is 3.21. The van der Waals surface area contributed by atoms with E-state index in [1.807, 2.05) is 0 Å². The minimum absolute atomic E-state index is 0.113. The van der Waals surface area contributed by atoms with Crippen molar-refractivity contribution in [1.82, 2.24) is 19.9 Å². The molecule has 3 N–H and O–H groups in total. The van der Waals surface area contributed by atoms with E-state index in [-0.39, 0.29) is 17.7 Å². The van der Waals surface area contributed by atoms with Crippen molar-refractivity contribution in [3.8, 4) is 0 Å². The molecular formula is C13H9BrN6O4. The van der Waals surface area contributed by atoms with Gasteiger partial charge < -0.3 is 15.3 Å². The molecule has 0 radical (unpaired) electrons. The average Bonchev–Trinajstić information content (AvgIpc) is 2.55. The third-order valence-corrected chi connectivity index (χ3v) is 3.58. The Labute approximate surface area is 141 Å². The van der Waals surface area contributed by atoms with E-state index in [0.29, 0.717) is 21.5 Å². The Balaban J connectivity index is 2.05. The van der Waals surface area contributed by atoms with Crippen molar-refractivity contribution in [2.24, 2.45) is 0 Å². The van der Waals surface area contributed by atoms with Crippen LogP contribution >= 0.6 is 15.9 Å². The zero-order chi connectivity index (χ0) is 17.3. The van der Waals surface area contributed by atoms with Gasteiger partial charge in [0.15, 0.2) is 0 Å². The van der Waals surface area contributed by atoms with E-state index in [1.165, 1.54) is 12.1 Å². The first kappa shape index (κ1) is 15.8. The monoisotopic (exact) mass is 392 g/mol. The standard InChI is InChI=1S/C13H9BrN6O4/c14-7-4-16-13(17-5-7)15-3-6-1-8(20(23)24)2-9-10(6)19-12(22)11(21)18-9/h1-2,4-5H,3H2,(H,18,21)(H,19,22)(H,15,16,17). The zero-order valence-electron chi connectivity index (χ0n) is 11.9. The summed E-state index contributed by atoms with van der Waals surface area (Å²) in [6.07, 6.45) is 3.08. The molecule has 24 heavy (non-hydrogen) atoms. The summed E-state index contributed by atoms with van der Waals surface area (Å²) in [6, 6.07) is 2.49. The van der Waals surface area contributed by atoms with Gasteiger partial charge in [0.1, 0.15) is 0 Å². The SMILES string of the molecule is O=c1[nH]c2cc([N+](=O)[O-])cc(CNc3ncc(Br)cn3)c2[nH]c1=O. The average molecular weight is 393 g/mol. The molecule has 1 aromatic carbocycles. The third-order valence-electron chi connectivity index (χ3n) is 3.17. The van der Waals surface area contributed by atoms with Crippen LogP contribution in [0, 0.1) is 10.1 Å². The number of fused-ring (bicyclic) bond motifs is 1. The molecule has 0 aliphatic rings. The van der Waals surface area contributed by atoms with Gasteiger partial charge >= 0.3 is 11.1 Å². The van der Waals surface area contributed by atoms with E-state index in [0.717, 1.165) is 0 Å². The number of aromatic nitrogens is 4. The first-order valence-corrected chi connectivity index (χ1v) is 7.38. The van der Waals surface area contributed by atoms with E-state index in [2.05, 4.69) is 41.2 Å². The number of hydrogen-bond acceptors (Lipinski definition) is 7. The molecule has 0 fully saturated rings. The summed E-state index contributed by atoms with van der Waals surface area (Å²) in [5.74, 6) is 0.310. The van der Waals surface area contributed by atoms with Crippen molar-refractivity contribution < 1.29 is 4.92 Å². The maximum Gasteiger partial charge on any atom is 0.314 e. The van der Waals surface area contributed by atoms with Gasteiger partial charge in [-0.2, -0.15) is 0 Å². The molecule has 0 amide bonds. The lowest BCUT2D eigenvalue weighted by Crippen LogP contribution is -2.29. The van der Waals surface area contributed by atoms with Crippen LogP contribution in [0.25, 0.3) is 11.0 Å². The number of H-pyrrole nitrogens is 2. The van der Waals surface area contributed by atoms with Gasteiger partial charge in [0.05, 0.1) is 20.4 Å². The molecule has 0 atom stereocenters. The summed E-state index contributed by atoms with van der Waals surface area (Å²) in [6.45, 7) is 0.113. The topological polar surface area (TPSA) is 147 Å². The first-order chi connectivity index (χ1) is 11.4. The molecule has 2 aromatic heterocycles. The fraction of sp³-hybridized carbons (Fsp3) is 0.0769. The number of nitro benzene ring substituents is 1. The number of halogens is 1. The van der Waals surface area contributed by atoms with Crippen molar-refractivity contribution in [3.05, 3.63) is 65.4 Å².